The molecular formula is C6H15NO4S. The first-order chi connectivity index (χ1) is 5.45. The summed E-state index contributed by atoms with van der Waals surface area (Å²) in [5, 5.41) is 19.9. The number of rotatable bonds is 6. The van der Waals surface area contributed by atoms with Crippen LogP contribution in [-0.4, -0.2) is 56.4 Å². The Labute approximate surface area is 72.3 Å². The lowest BCUT2D eigenvalue weighted by molar-refractivity contribution is 0.0950. The summed E-state index contributed by atoms with van der Waals surface area (Å²) in [5.74, 6) is 0.0468. The highest BCUT2D eigenvalue weighted by atomic mass is 32.2. The topological polar surface area (TPSA) is 86.6 Å². The fourth-order valence-corrected chi connectivity index (χ4v) is 1.11. The zero-order valence-electron chi connectivity index (χ0n) is 7.02. The van der Waals surface area contributed by atoms with Crippen LogP contribution in [-0.2, 0) is 9.84 Å². The minimum atomic E-state index is -2.94. The third-order valence-electron chi connectivity index (χ3n) is 1.24. The van der Waals surface area contributed by atoms with Gasteiger partial charge in [0.1, 0.15) is 9.84 Å². The lowest BCUT2D eigenvalue weighted by Crippen LogP contribution is -2.32. The third-order valence-corrected chi connectivity index (χ3v) is 2.19. The normalized spacial score (nSPS) is 14.6. The van der Waals surface area contributed by atoms with E-state index in [1.165, 1.54) is 0 Å². The van der Waals surface area contributed by atoms with E-state index in [-0.39, 0.29) is 18.9 Å². The third kappa shape index (κ3) is 7.93. The molecule has 6 heteroatoms. The van der Waals surface area contributed by atoms with Crippen LogP contribution in [0.2, 0.25) is 0 Å². The summed E-state index contributed by atoms with van der Waals surface area (Å²) in [5.41, 5.74) is 0. The highest BCUT2D eigenvalue weighted by molar-refractivity contribution is 7.90. The van der Waals surface area contributed by atoms with Crippen LogP contribution in [0.1, 0.15) is 0 Å². The van der Waals surface area contributed by atoms with Crippen LogP contribution < -0.4 is 5.32 Å². The molecule has 0 aromatic carbocycles. The molecule has 1 unspecified atom stereocenters. The van der Waals surface area contributed by atoms with E-state index >= 15 is 0 Å². The van der Waals surface area contributed by atoms with Crippen LogP contribution in [0, 0.1) is 0 Å². The quantitative estimate of drug-likeness (QED) is 0.428. The maximum atomic E-state index is 10.6. The van der Waals surface area contributed by atoms with E-state index < -0.39 is 15.9 Å². The molecule has 0 aliphatic carbocycles. The molecule has 0 fully saturated rings. The summed E-state index contributed by atoms with van der Waals surface area (Å²) >= 11 is 0. The highest BCUT2D eigenvalue weighted by Crippen LogP contribution is 1.81. The molecule has 0 aromatic heterocycles. The molecule has 0 heterocycles. The summed E-state index contributed by atoms with van der Waals surface area (Å²) in [6.45, 7) is 0.202. The van der Waals surface area contributed by atoms with Crippen molar-refractivity contribution in [2.45, 2.75) is 6.10 Å². The van der Waals surface area contributed by atoms with Crippen molar-refractivity contribution in [3.05, 3.63) is 0 Å². The Hall–Kier alpha value is -0.170. The van der Waals surface area contributed by atoms with Crippen LogP contribution >= 0.6 is 0 Å². The predicted octanol–water partition coefficient (Wildman–Crippen LogP) is -2.03. The first-order valence-corrected chi connectivity index (χ1v) is 5.69. The van der Waals surface area contributed by atoms with Crippen molar-refractivity contribution in [1.29, 1.82) is 0 Å². The minimum absolute atomic E-state index is 0.0468. The molecule has 0 saturated carbocycles. The molecule has 3 N–H and O–H groups in total. The van der Waals surface area contributed by atoms with Crippen molar-refractivity contribution in [3.63, 3.8) is 0 Å². The van der Waals surface area contributed by atoms with E-state index in [0.717, 1.165) is 6.26 Å². The second kappa shape index (κ2) is 5.47. The van der Waals surface area contributed by atoms with Gasteiger partial charge >= 0.3 is 0 Å². The van der Waals surface area contributed by atoms with Gasteiger partial charge in [-0.3, -0.25) is 0 Å². The van der Waals surface area contributed by atoms with Crippen LogP contribution in [0.3, 0.4) is 0 Å². The Kier molecular flexibility index (Phi) is 5.39. The fourth-order valence-electron chi connectivity index (χ4n) is 0.591. The molecule has 0 radical (unpaired) electrons. The molecule has 0 spiro atoms. The minimum Gasteiger partial charge on any atom is -0.394 e. The molecule has 12 heavy (non-hydrogen) atoms. The summed E-state index contributed by atoms with van der Waals surface area (Å²) in [4.78, 5) is 0. The summed E-state index contributed by atoms with van der Waals surface area (Å²) in [6, 6.07) is 0. The van der Waals surface area contributed by atoms with Gasteiger partial charge in [0.25, 0.3) is 0 Å². The zero-order chi connectivity index (χ0) is 9.61. The second-order valence-electron chi connectivity index (χ2n) is 2.67. The molecular weight excluding hydrogens is 182 g/mol. The fraction of sp³-hybridized carbons (Fsp3) is 1.00. The van der Waals surface area contributed by atoms with E-state index in [4.69, 9.17) is 10.2 Å². The van der Waals surface area contributed by atoms with Crippen LogP contribution in [0.4, 0.5) is 0 Å². The molecule has 0 aliphatic rings. The van der Waals surface area contributed by atoms with E-state index in [1.54, 1.807) is 0 Å². The molecule has 0 bridgehead atoms. The summed E-state index contributed by atoms with van der Waals surface area (Å²) in [7, 11) is -2.94. The molecule has 74 valence electrons. The van der Waals surface area contributed by atoms with Crippen molar-refractivity contribution < 1.29 is 18.6 Å². The molecule has 0 rings (SSSR count). The van der Waals surface area contributed by atoms with Gasteiger partial charge in [-0.1, -0.05) is 0 Å². The van der Waals surface area contributed by atoms with Crippen molar-refractivity contribution in [3.8, 4) is 0 Å². The predicted molar refractivity (Wildman–Crippen MR) is 45.7 cm³/mol. The van der Waals surface area contributed by atoms with Crippen molar-refractivity contribution in [1.82, 2.24) is 5.32 Å². The Balaban J connectivity index is 3.34. The summed E-state index contributed by atoms with van der Waals surface area (Å²) in [6.07, 6.45) is 0.335. The highest BCUT2D eigenvalue weighted by Gasteiger charge is 2.03. The second-order valence-corrected chi connectivity index (χ2v) is 4.93. The van der Waals surface area contributed by atoms with Gasteiger partial charge in [0.2, 0.25) is 0 Å². The molecule has 5 nitrogen and oxygen atoms in total. The van der Waals surface area contributed by atoms with Gasteiger partial charge in [0, 0.05) is 19.3 Å². The van der Waals surface area contributed by atoms with E-state index in [9.17, 15) is 8.42 Å². The van der Waals surface area contributed by atoms with Gasteiger partial charge in [-0.2, -0.15) is 0 Å². The average molecular weight is 197 g/mol. The standard InChI is InChI=1S/C6H15NO4S/c1-12(10,11)3-2-7-4-6(9)5-8/h6-9H,2-5H2,1H3. The first kappa shape index (κ1) is 11.8. The van der Waals surface area contributed by atoms with Crippen LogP contribution in [0.5, 0.6) is 0 Å². The number of sulfone groups is 1. The number of aliphatic hydroxyl groups is 2. The Bertz CT molecular complexity index is 202. The molecule has 0 amide bonds. The molecule has 0 saturated heterocycles. The number of hydrogen-bond acceptors (Lipinski definition) is 5. The van der Waals surface area contributed by atoms with Gasteiger partial charge in [0.15, 0.2) is 0 Å². The van der Waals surface area contributed by atoms with Crippen molar-refractivity contribution in [2.24, 2.45) is 0 Å². The summed E-state index contributed by atoms with van der Waals surface area (Å²) < 4.78 is 21.2. The van der Waals surface area contributed by atoms with Gasteiger partial charge in [-0.25, -0.2) is 8.42 Å². The monoisotopic (exact) mass is 197 g/mol. The van der Waals surface area contributed by atoms with E-state index in [1.807, 2.05) is 0 Å². The van der Waals surface area contributed by atoms with Gasteiger partial charge in [0.05, 0.1) is 18.5 Å². The lowest BCUT2D eigenvalue weighted by Gasteiger charge is -2.07. The number of aliphatic hydroxyl groups excluding tert-OH is 2. The molecule has 0 aliphatic heterocycles. The smallest absolute Gasteiger partial charge is 0.148 e. The maximum absolute atomic E-state index is 10.6. The SMILES string of the molecule is CS(=O)(=O)CCNCC(O)CO. The molecule has 0 aromatic rings. The van der Waals surface area contributed by atoms with Crippen molar-refractivity contribution >= 4 is 9.84 Å². The van der Waals surface area contributed by atoms with Gasteiger partial charge in [-0.05, 0) is 0 Å². The first-order valence-electron chi connectivity index (χ1n) is 3.63. The number of nitrogens with one attached hydrogen (secondary N) is 1. The largest absolute Gasteiger partial charge is 0.394 e. The van der Waals surface area contributed by atoms with E-state index in [0.29, 0.717) is 6.54 Å². The molecule has 1 atom stereocenters. The van der Waals surface area contributed by atoms with Crippen LogP contribution in [0.15, 0.2) is 0 Å². The Morgan fingerprint density at radius 3 is 2.50 bits per heavy atom. The van der Waals surface area contributed by atoms with Gasteiger partial charge < -0.3 is 15.5 Å². The average Bonchev–Trinajstić information content (AvgIpc) is 1.96. The Morgan fingerprint density at radius 2 is 2.08 bits per heavy atom. The number of hydrogen-bond donors (Lipinski definition) is 3. The maximum Gasteiger partial charge on any atom is 0.148 e. The van der Waals surface area contributed by atoms with Gasteiger partial charge in [-0.15, -0.1) is 0 Å². The zero-order valence-corrected chi connectivity index (χ0v) is 7.84. The Morgan fingerprint density at radius 1 is 1.50 bits per heavy atom. The van der Waals surface area contributed by atoms with Crippen molar-refractivity contribution in [2.75, 3.05) is 31.7 Å². The lowest BCUT2D eigenvalue weighted by atomic mass is 10.4. The van der Waals surface area contributed by atoms with Crippen LogP contribution in [0.25, 0.3) is 0 Å². The van der Waals surface area contributed by atoms with E-state index in [2.05, 4.69) is 5.32 Å².